The fourth-order valence-electron chi connectivity index (χ4n) is 4.90. The third-order valence-electron chi connectivity index (χ3n) is 7.39. The van der Waals surface area contributed by atoms with Gasteiger partial charge in [0.05, 0.1) is 17.9 Å². The second kappa shape index (κ2) is 28.0. The molecule has 0 spiro atoms. The highest BCUT2D eigenvalue weighted by Crippen LogP contribution is 2.15. The Balaban J connectivity index is 4.01. The van der Waals surface area contributed by atoms with Gasteiger partial charge in [0.15, 0.2) is 0 Å². The molecule has 0 aliphatic heterocycles. The molecule has 7 heteroatoms. The minimum atomic E-state index is -4.30. The molecule has 236 valence electrons. The summed E-state index contributed by atoms with van der Waals surface area (Å²) in [5.74, 6) is -0.915. The first kappa shape index (κ1) is 38.8. The van der Waals surface area contributed by atoms with Crippen molar-refractivity contribution >= 4 is 16.0 Å². The fourth-order valence-corrected chi connectivity index (χ4v) is 5.66. The Morgan fingerprint density at radius 2 is 1.18 bits per heavy atom. The van der Waals surface area contributed by atoms with Crippen molar-refractivity contribution in [2.75, 3.05) is 5.75 Å². The van der Waals surface area contributed by atoms with Gasteiger partial charge in [0, 0.05) is 6.42 Å². The summed E-state index contributed by atoms with van der Waals surface area (Å²) in [5, 5.41) is 13.2. The molecule has 2 atom stereocenters. The van der Waals surface area contributed by atoms with E-state index in [1.807, 2.05) is 0 Å². The molecular formula is C33H63NO5S. The van der Waals surface area contributed by atoms with Gasteiger partial charge in [0.2, 0.25) is 5.91 Å². The number of hydrogen-bond donors (Lipinski definition) is 3. The van der Waals surface area contributed by atoms with Crippen LogP contribution in [0.25, 0.3) is 0 Å². The van der Waals surface area contributed by atoms with E-state index >= 15 is 0 Å². The minimum Gasteiger partial charge on any atom is -0.391 e. The molecule has 0 bridgehead atoms. The summed E-state index contributed by atoms with van der Waals surface area (Å²) in [6.45, 7) is 4.42. The lowest BCUT2D eigenvalue weighted by atomic mass is 10.0. The monoisotopic (exact) mass is 585 g/mol. The van der Waals surface area contributed by atoms with Crippen LogP contribution >= 0.6 is 0 Å². The summed E-state index contributed by atoms with van der Waals surface area (Å²) < 4.78 is 32.3. The van der Waals surface area contributed by atoms with E-state index < -0.39 is 28.0 Å². The molecule has 0 aromatic heterocycles. The lowest BCUT2D eigenvalue weighted by Gasteiger charge is -2.23. The Bertz CT molecular complexity index is 735. The molecule has 0 aromatic carbocycles. The number of aliphatic hydroxyl groups is 1. The van der Waals surface area contributed by atoms with Gasteiger partial charge in [0.25, 0.3) is 10.1 Å². The smallest absolute Gasteiger partial charge is 0.266 e. The van der Waals surface area contributed by atoms with Crippen LogP contribution in [0.3, 0.4) is 0 Å². The van der Waals surface area contributed by atoms with Crippen molar-refractivity contribution in [2.24, 2.45) is 0 Å². The molecule has 2 unspecified atom stereocenters. The number of rotatable bonds is 29. The van der Waals surface area contributed by atoms with Crippen LogP contribution in [0.4, 0.5) is 0 Å². The van der Waals surface area contributed by atoms with Crippen LogP contribution in [0, 0.1) is 0 Å². The topological polar surface area (TPSA) is 104 Å². The summed E-state index contributed by atoms with van der Waals surface area (Å²) in [5.41, 5.74) is 0. The highest BCUT2D eigenvalue weighted by atomic mass is 32.2. The summed E-state index contributed by atoms with van der Waals surface area (Å²) in [4.78, 5) is 12.4. The zero-order valence-electron chi connectivity index (χ0n) is 26.0. The molecule has 40 heavy (non-hydrogen) atoms. The molecule has 1 amide bonds. The SMILES string of the molecule is CCC/C=C\C/C=C\CCCCCCCC(=O)NC(CS(=O)(=O)O)C(O)CCCCCCCCCCCCCC. The van der Waals surface area contributed by atoms with Crippen molar-refractivity contribution in [3.8, 4) is 0 Å². The average Bonchev–Trinajstić information content (AvgIpc) is 2.90. The number of unbranched alkanes of at least 4 members (excludes halogenated alkanes) is 17. The maximum atomic E-state index is 12.4. The predicted molar refractivity (Wildman–Crippen MR) is 170 cm³/mol. The van der Waals surface area contributed by atoms with Crippen LogP contribution in [0.5, 0.6) is 0 Å². The number of aliphatic hydroxyl groups excluding tert-OH is 1. The zero-order valence-corrected chi connectivity index (χ0v) is 26.8. The molecule has 6 nitrogen and oxygen atoms in total. The number of carbonyl (C=O) groups excluding carboxylic acids is 1. The van der Waals surface area contributed by atoms with Crippen LogP contribution in [0.1, 0.15) is 162 Å². The Kier molecular flexibility index (Phi) is 27.1. The summed E-state index contributed by atoms with van der Waals surface area (Å²) >= 11 is 0. The number of carbonyl (C=O) groups is 1. The second-order valence-corrected chi connectivity index (χ2v) is 12.9. The first-order valence-corrected chi connectivity index (χ1v) is 18.1. The van der Waals surface area contributed by atoms with Crippen molar-refractivity contribution < 1.29 is 22.9 Å². The molecule has 0 aliphatic carbocycles. The fraction of sp³-hybridized carbons (Fsp3) is 0.848. The van der Waals surface area contributed by atoms with Crippen LogP contribution in [0.15, 0.2) is 24.3 Å². The van der Waals surface area contributed by atoms with E-state index in [9.17, 15) is 22.9 Å². The van der Waals surface area contributed by atoms with Crippen LogP contribution < -0.4 is 5.32 Å². The number of hydrogen-bond acceptors (Lipinski definition) is 4. The summed E-state index contributed by atoms with van der Waals surface area (Å²) in [6.07, 6.45) is 32.6. The van der Waals surface area contributed by atoms with Gasteiger partial charge in [-0.15, -0.1) is 0 Å². The molecule has 3 N–H and O–H groups in total. The first-order valence-electron chi connectivity index (χ1n) is 16.5. The van der Waals surface area contributed by atoms with Crippen molar-refractivity contribution in [3.63, 3.8) is 0 Å². The largest absolute Gasteiger partial charge is 0.391 e. The van der Waals surface area contributed by atoms with Gasteiger partial charge in [-0.1, -0.05) is 141 Å². The van der Waals surface area contributed by atoms with E-state index in [4.69, 9.17) is 0 Å². The number of nitrogens with one attached hydrogen (secondary N) is 1. The van der Waals surface area contributed by atoms with Gasteiger partial charge >= 0.3 is 0 Å². The Morgan fingerprint density at radius 3 is 1.73 bits per heavy atom. The van der Waals surface area contributed by atoms with Crippen molar-refractivity contribution in [3.05, 3.63) is 24.3 Å². The van der Waals surface area contributed by atoms with Gasteiger partial charge in [-0.3, -0.25) is 9.35 Å². The Labute approximate surface area is 247 Å². The standard InChI is InChI=1S/C33H63NO5S/c1-3-5-7-9-11-13-15-17-19-21-23-25-27-29-33(36)34-31(30-40(37,38)39)32(35)28-26-24-22-20-18-16-14-12-10-8-6-4-2/h7,9,13,15,31-32,35H,3-6,8,10-12,14,16-30H2,1-2H3,(H,34,36)(H,37,38,39)/b9-7-,15-13-. The van der Waals surface area contributed by atoms with Gasteiger partial charge in [-0.25, -0.2) is 0 Å². The average molecular weight is 586 g/mol. The maximum Gasteiger partial charge on any atom is 0.266 e. The van der Waals surface area contributed by atoms with Gasteiger partial charge in [-0.05, 0) is 38.5 Å². The van der Waals surface area contributed by atoms with Gasteiger partial charge in [0.1, 0.15) is 0 Å². The quantitative estimate of drug-likeness (QED) is 0.0462. The first-order chi connectivity index (χ1) is 19.3. The second-order valence-electron chi connectivity index (χ2n) is 11.4. The van der Waals surface area contributed by atoms with E-state index in [-0.39, 0.29) is 5.91 Å². The van der Waals surface area contributed by atoms with Crippen LogP contribution in [-0.2, 0) is 14.9 Å². The number of allylic oxidation sites excluding steroid dienone is 4. The van der Waals surface area contributed by atoms with Crippen LogP contribution in [0.2, 0.25) is 0 Å². The van der Waals surface area contributed by atoms with Gasteiger partial charge in [-0.2, -0.15) is 8.42 Å². The lowest BCUT2D eigenvalue weighted by molar-refractivity contribution is -0.122. The molecule has 0 radical (unpaired) electrons. The van der Waals surface area contributed by atoms with Crippen molar-refractivity contribution in [1.82, 2.24) is 5.32 Å². The normalized spacial score (nSPS) is 13.8. The van der Waals surface area contributed by atoms with E-state index in [0.717, 1.165) is 70.6 Å². The molecule has 0 heterocycles. The number of amides is 1. The Morgan fingerprint density at radius 1 is 0.675 bits per heavy atom. The molecule has 0 fully saturated rings. The summed E-state index contributed by atoms with van der Waals surface area (Å²) in [7, 11) is -4.30. The highest BCUT2D eigenvalue weighted by molar-refractivity contribution is 7.85. The maximum absolute atomic E-state index is 12.4. The van der Waals surface area contributed by atoms with Gasteiger partial charge < -0.3 is 10.4 Å². The van der Waals surface area contributed by atoms with E-state index in [1.54, 1.807) is 0 Å². The molecule has 0 aliphatic rings. The van der Waals surface area contributed by atoms with E-state index in [1.165, 1.54) is 64.2 Å². The van der Waals surface area contributed by atoms with Crippen molar-refractivity contribution in [2.45, 2.75) is 174 Å². The molecule has 0 aromatic rings. The molecule has 0 saturated heterocycles. The lowest BCUT2D eigenvalue weighted by Crippen LogP contribution is -2.47. The Hall–Kier alpha value is -1.18. The predicted octanol–water partition coefficient (Wildman–Crippen LogP) is 8.84. The van der Waals surface area contributed by atoms with Crippen LogP contribution in [-0.4, -0.2) is 41.9 Å². The summed E-state index contributed by atoms with van der Waals surface area (Å²) in [6, 6.07) is -0.973. The third kappa shape index (κ3) is 28.4. The molecular weight excluding hydrogens is 522 g/mol. The van der Waals surface area contributed by atoms with Crippen molar-refractivity contribution in [1.29, 1.82) is 0 Å². The van der Waals surface area contributed by atoms with E-state index in [0.29, 0.717) is 12.8 Å². The molecule has 0 saturated carbocycles. The highest BCUT2D eigenvalue weighted by Gasteiger charge is 2.26. The van der Waals surface area contributed by atoms with E-state index in [2.05, 4.69) is 43.5 Å². The third-order valence-corrected chi connectivity index (χ3v) is 8.17. The zero-order chi connectivity index (χ0) is 29.7. The minimum absolute atomic E-state index is 0.263. The molecule has 0 rings (SSSR count).